The molecule has 0 radical (unpaired) electrons. The smallest absolute Gasteiger partial charge is 0.254 e. The fourth-order valence-corrected chi connectivity index (χ4v) is 3.04. The number of anilines is 2. The third-order valence-electron chi connectivity index (χ3n) is 4.12. The Morgan fingerprint density at radius 2 is 1.69 bits per heavy atom. The van der Waals surface area contributed by atoms with E-state index in [-0.39, 0.29) is 11.4 Å². The number of carbonyl (C=O) groups excluding carboxylic acids is 1. The number of halogens is 1. The molecule has 1 N–H and O–H groups in total. The number of hydrogen-bond donors (Lipinski definition) is 1. The van der Waals surface area contributed by atoms with Gasteiger partial charge in [-0.15, -0.1) is 0 Å². The van der Waals surface area contributed by atoms with Gasteiger partial charge in [-0.05, 0) is 39.0 Å². The van der Waals surface area contributed by atoms with Crippen LogP contribution in [0, 0.1) is 0 Å². The zero-order chi connectivity index (χ0) is 18.7. The Kier molecular flexibility index (Phi) is 5.32. The van der Waals surface area contributed by atoms with Crippen molar-refractivity contribution in [1.29, 1.82) is 0 Å². The Hall–Kier alpha value is -2.34. The molecule has 3 rings (SSSR count). The Bertz CT molecular complexity index is 764. The maximum absolute atomic E-state index is 12.2. The second-order valence-corrected chi connectivity index (χ2v) is 7.87. The van der Waals surface area contributed by atoms with Crippen molar-refractivity contribution >= 4 is 29.1 Å². The Morgan fingerprint density at radius 1 is 1.08 bits per heavy atom. The van der Waals surface area contributed by atoms with E-state index < -0.39 is 0 Å². The molecule has 7 heteroatoms. The molecule has 0 saturated carbocycles. The molecule has 26 heavy (non-hydrogen) atoms. The minimum atomic E-state index is -0.285. The van der Waals surface area contributed by atoms with Crippen LogP contribution < -0.4 is 15.1 Å². The molecular weight excluding hydrogens is 350 g/mol. The second-order valence-electron chi connectivity index (χ2n) is 7.43. The van der Waals surface area contributed by atoms with Gasteiger partial charge in [-0.25, -0.2) is 9.97 Å². The first kappa shape index (κ1) is 18.5. The second kappa shape index (κ2) is 7.50. The summed E-state index contributed by atoms with van der Waals surface area (Å²) in [6.07, 6.45) is 3.18. The minimum Gasteiger partial charge on any atom is -0.368 e. The highest BCUT2D eigenvalue weighted by molar-refractivity contribution is 6.30. The molecule has 0 aliphatic carbocycles. The van der Waals surface area contributed by atoms with Crippen LogP contribution in [0.2, 0.25) is 5.02 Å². The summed E-state index contributed by atoms with van der Waals surface area (Å²) < 4.78 is 0. The highest BCUT2D eigenvalue weighted by atomic mass is 35.5. The van der Waals surface area contributed by atoms with Gasteiger partial charge in [0.15, 0.2) is 0 Å². The van der Waals surface area contributed by atoms with Gasteiger partial charge < -0.3 is 15.1 Å². The zero-order valence-electron chi connectivity index (χ0n) is 15.4. The van der Waals surface area contributed by atoms with Crippen molar-refractivity contribution in [1.82, 2.24) is 15.3 Å². The quantitative estimate of drug-likeness (QED) is 0.896. The van der Waals surface area contributed by atoms with Crippen LogP contribution in [0.5, 0.6) is 0 Å². The molecule has 0 unspecified atom stereocenters. The Morgan fingerprint density at radius 3 is 2.27 bits per heavy atom. The standard InChI is InChI=1S/C19H24ClN5O/c1-19(2,3)23-17(26)14-12-21-18(22-13-14)25-9-7-24(8-10-25)16-6-4-5-15(20)11-16/h4-6,11-13H,7-10H2,1-3H3,(H,23,26). The van der Waals surface area contributed by atoms with Gasteiger partial charge in [-0.1, -0.05) is 17.7 Å². The number of nitrogens with zero attached hydrogens (tertiary/aromatic N) is 4. The van der Waals surface area contributed by atoms with Gasteiger partial charge in [0.05, 0.1) is 5.56 Å². The van der Waals surface area contributed by atoms with Crippen molar-refractivity contribution in [2.75, 3.05) is 36.0 Å². The summed E-state index contributed by atoms with van der Waals surface area (Å²) >= 11 is 6.08. The van der Waals surface area contributed by atoms with E-state index in [1.165, 1.54) is 0 Å². The topological polar surface area (TPSA) is 61.4 Å². The van der Waals surface area contributed by atoms with Gasteiger partial charge in [0.25, 0.3) is 5.91 Å². The van der Waals surface area contributed by atoms with Gasteiger partial charge >= 0.3 is 0 Å². The first-order chi connectivity index (χ1) is 12.3. The summed E-state index contributed by atoms with van der Waals surface area (Å²) in [6, 6.07) is 7.90. The fraction of sp³-hybridized carbons (Fsp3) is 0.421. The lowest BCUT2D eigenvalue weighted by molar-refractivity contribution is 0.0919. The third-order valence-corrected chi connectivity index (χ3v) is 4.36. The van der Waals surface area contributed by atoms with Crippen molar-refractivity contribution in [3.05, 3.63) is 47.2 Å². The molecule has 1 saturated heterocycles. The molecule has 138 valence electrons. The maximum atomic E-state index is 12.2. The molecule has 1 aromatic carbocycles. The molecule has 6 nitrogen and oxygen atoms in total. The Labute approximate surface area is 159 Å². The molecular formula is C19H24ClN5O. The molecule has 0 spiro atoms. The number of benzene rings is 1. The molecule has 1 aliphatic heterocycles. The lowest BCUT2D eigenvalue weighted by Gasteiger charge is -2.36. The zero-order valence-corrected chi connectivity index (χ0v) is 16.1. The van der Waals surface area contributed by atoms with Gasteiger partial charge in [0, 0.05) is 54.8 Å². The predicted octanol–water partition coefficient (Wildman–Crippen LogP) is 2.98. The van der Waals surface area contributed by atoms with Crippen molar-refractivity contribution in [3.63, 3.8) is 0 Å². The number of carbonyl (C=O) groups is 1. The van der Waals surface area contributed by atoms with E-state index in [2.05, 4.69) is 31.2 Å². The fourth-order valence-electron chi connectivity index (χ4n) is 2.85. The summed E-state index contributed by atoms with van der Waals surface area (Å²) in [6.45, 7) is 9.21. The van der Waals surface area contributed by atoms with Crippen LogP contribution in [0.15, 0.2) is 36.7 Å². The van der Waals surface area contributed by atoms with Crippen molar-refractivity contribution < 1.29 is 4.79 Å². The van der Waals surface area contributed by atoms with Crippen molar-refractivity contribution in [3.8, 4) is 0 Å². The van der Waals surface area contributed by atoms with Gasteiger partial charge in [0.2, 0.25) is 5.95 Å². The molecule has 1 aliphatic rings. The van der Waals surface area contributed by atoms with Crippen LogP contribution in [0.4, 0.5) is 11.6 Å². The minimum absolute atomic E-state index is 0.158. The molecule has 1 fully saturated rings. The first-order valence-corrected chi connectivity index (χ1v) is 9.10. The summed E-state index contributed by atoms with van der Waals surface area (Å²) in [5.74, 6) is 0.498. The summed E-state index contributed by atoms with van der Waals surface area (Å²) in [4.78, 5) is 25.3. The molecule has 0 bridgehead atoms. The van der Waals surface area contributed by atoms with Crippen LogP contribution in [-0.4, -0.2) is 47.6 Å². The van der Waals surface area contributed by atoms with E-state index in [1.54, 1.807) is 12.4 Å². The van der Waals surface area contributed by atoms with Crippen molar-refractivity contribution in [2.45, 2.75) is 26.3 Å². The number of rotatable bonds is 3. The number of piperazine rings is 1. The van der Waals surface area contributed by atoms with Gasteiger partial charge in [0.1, 0.15) is 0 Å². The van der Waals surface area contributed by atoms with E-state index in [9.17, 15) is 4.79 Å². The largest absolute Gasteiger partial charge is 0.368 e. The van der Waals surface area contributed by atoms with E-state index in [0.717, 1.165) is 36.9 Å². The Balaban J connectivity index is 1.60. The van der Waals surface area contributed by atoms with Crippen LogP contribution in [-0.2, 0) is 0 Å². The SMILES string of the molecule is CC(C)(C)NC(=O)c1cnc(N2CCN(c3cccc(Cl)c3)CC2)nc1. The molecule has 2 aromatic rings. The highest BCUT2D eigenvalue weighted by Gasteiger charge is 2.20. The molecule has 1 amide bonds. The average molecular weight is 374 g/mol. The highest BCUT2D eigenvalue weighted by Crippen LogP contribution is 2.21. The average Bonchev–Trinajstić information content (AvgIpc) is 2.61. The lowest BCUT2D eigenvalue weighted by Crippen LogP contribution is -2.47. The summed E-state index contributed by atoms with van der Waals surface area (Å²) in [5.41, 5.74) is 1.32. The molecule has 2 heterocycles. The van der Waals surface area contributed by atoms with E-state index in [4.69, 9.17) is 11.6 Å². The predicted molar refractivity (Wildman–Crippen MR) is 105 cm³/mol. The monoisotopic (exact) mass is 373 g/mol. The summed E-state index contributed by atoms with van der Waals surface area (Å²) in [5, 5.41) is 3.66. The number of amides is 1. The van der Waals surface area contributed by atoms with Gasteiger partial charge in [-0.3, -0.25) is 4.79 Å². The summed E-state index contributed by atoms with van der Waals surface area (Å²) in [7, 11) is 0. The lowest BCUT2D eigenvalue weighted by atomic mass is 10.1. The molecule has 1 aromatic heterocycles. The van der Waals surface area contributed by atoms with E-state index in [1.807, 2.05) is 39.0 Å². The van der Waals surface area contributed by atoms with E-state index in [0.29, 0.717) is 11.5 Å². The van der Waals surface area contributed by atoms with Crippen molar-refractivity contribution in [2.24, 2.45) is 0 Å². The number of hydrogen-bond acceptors (Lipinski definition) is 5. The van der Waals surface area contributed by atoms with Crippen LogP contribution in [0.25, 0.3) is 0 Å². The van der Waals surface area contributed by atoms with Crippen LogP contribution >= 0.6 is 11.6 Å². The molecule has 0 atom stereocenters. The normalized spacial score (nSPS) is 15.1. The number of aromatic nitrogens is 2. The van der Waals surface area contributed by atoms with Gasteiger partial charge in [-0.2, -0.15) is 0 Å². The first-order valence-electron chi connectivity index (χ1n) is 8.72. The number of nitrogens with one attached hydrogen (secondary N) is 1. The van der Waals surface area contributed by atoms with Crippen LogP contribution in [0.3, 0.4) is 0 Å². The van der Waals surface area contributed by atoms with E-state index >= 15 is 0 Å². The van der Waals surface area contributed by atoms with Crippen LogP contribution in [0.1, 0.15) is 31.1 Å². The third kappa shape index (κ3) is 4.64. The maximum Gasteiger partial charge on any atom is 0.254 e.